The molecular formula is C13H19BrN2O2. The van der Waals surface area contributed by atoms with Crippen LogP contribution >= 0.6 is 15.9 Å². The van der Waals surface area contributed by atoms with E-state index in [2.05, 4.69) is 35.1 Å². The third-order valence-corrected chi connectivity index (χ3v) is 3.73. The Morgan fingerprint density at radius 1 is 1.44 bits per heavy atom. The van der Waals surface area contributed by atoms with Crippen LogP contribution in [-0.2, 0) is 6.42 Å². The van der Waals surface area contributed by atoms with Crippen LogP contribution in [-0.4, -0.2) is 17.5 Å². The second kappa shape index (κ2) is 7.48. The van der Waals surface area contributed by atoms with Crippen molar-refractivity contribution < 1.29 is 4.92 Å². The molecule has 0 aliphatic heterocycles. The van der Waals surface area contributed by atoms with E-state index in [-0.39, 0.29) is 10.6 Å². The molecule has 0 aromatic heterocycles. The Hall–Kier alpha value is -0.940. The Morgan fingerprint density at radius 3 is 2.67 bits per heavy atom. The smallest absolute Gasteiger partial charge is 0.270 e. The summed E-state index contributed by atoms with van der Waals surface area (Å²) < 4.78 is 0.822. The topological polar surface area (TPSA) is 55.2 Å². The molecule has 1 N–H and O–H groups in total. The maximum atomic E-state index is 10.6. The van der Waals surface area contributed by atoms with Crippen molar-refractivity contribution in [1.29, 1.82) is 0 Å². The summed E-state index contributed by atoms with van der Waals surface area (Å²) in [5.41, 5.74) is 1.25. The van der Waals surface area contributed by atoms with E-state index < -0.39 is 0 Å². The van der Waals surface area contributed by atoms with Crippen molar-refractivity contribution in [3.8, 4) is 0 Å². The third-order valence-electron chi connectivity index (χ3n) is 3.00. The Labute approximate surface area is 116 Å². The molecule has 0 aliphatic rings. The highest BCUT2D eigenvalue weighted by atomic mass is 79.9. The van der Waals surface area contributed by atoms with E-state index in [1.165, 1.54) is 0 Å². The zero-order valence-corrected chi connectivity index (χ0v) is 12.4. The van der Waals surface area contributed by atoms with Crippen LogP contribution < -0.4 is 5.32 Å². The first-order valence-corrected chi connectivity index (χ1v) is 7.04. The van der Waals surface area contributed by atoms with Crippen LogP contribution in [0.15, 0.2) is 22.7 Å². The average Bonchev–Trinajstić information content (AvgIpc) is 2.35. The van der Waals surface area contributed by atoms with Crippen LogP contribution in [0.5, 0.6) is 0 Å². The van der Waals surface area contributed by atoms with Gasteiger partial charge in [0.15, 0.2) is 0 Å². The average molecular weight is 315 g/mol. The summed E-state index contributed by atoms with van der Waals surface area (Å²) >= 11 is 3.40. The number of nitro groups is 1. The molecule has 1 rings (SSSR count). The van der Waals surface area contributed by atoms with E-state index in [1.54, 1.807) is 12.1 Å². The number of benzene rings is 1. The van der Waals surface area contributed by atoms with Crippen molar-refractivity contribution in [2.24, 2.45) is 0 Å². The summed E-state index contributed by atoms with van der Waals surface area (Å²) in [5, 5.41) is 14.1. The molecule has 18 heavy (non-hydrogen) atoms. The molecule has 0 radical (unpaired) electrons. The van der Waals surface area contributed by atoms with Gasteiger partial charge in [-0.2, -0.15) is 0 Å². The van der Waals surface area contributed by atoms with Crippen molar-refractivity contribution in [3.63, 3.8) is 0 Å². The molecule has 0 aliphatic carbocycles. The Morgan fingerprint density at radius 2 is 2.17 bits per heavy atom. The van der Waals surface area contributed by atoms with E-state index in [0.717, 1.165) is 35.8 Å². The lowest BCUT2D eigenvalue weighted by molar-refractivity contribution is -0.384. The monoisotopic (exact) mass is 314 g/mol. The quantitative estimate of drug-likeness (QED) is 0.617. The summed E-state index contributed by atoms with van der Waals surface area (Å²) in [5.74, 6) is 0. The minimum atomic E-state index is -0.373. The van der Waals surface area contributed by atoms with Crippen LogP contribution in [0.2, 0.25) is 0 Å². The van der Waals surface area contributed by atoms with Crippen molar-refractivity contribution >= 4 is 21.6 Å². The summed E-state index contributed by atoms with van der Waals surface area (Å²) in [7, 11) is 0. The summed E-state index contributed by atoms with van der Waals surface area (Å²) in [6.07, 6.45) is 3.06. The largest absolute Gasteiger partial charge is 0.314 e. The van der Waals surface area contributed by atoms with Gasteiger partial charge < -0.3 is 5.32 Å². The molecule has 100 valence electrons. The second-order valence-corrected chi connectivity index (χ2v) is 5.09. The molecule has 5 heteroatoms. The molecule has 0 spiro atoms. The molecule has 4 nitrogen and oxygen atoms in total. The molecule has 1 unspecified atom stereocenters. The predicted molar refractivity (Wildman–Crippen MR) is 76.9 cm³/mol. The van der Waals surface area contributed by atoms with Gasteiger partial charge in [-0.1, -0.05) is 35.8 Å². The second-order valence-electron chi connectivity index (χ2n) is 4.23. The fraction of sp³-hybridized carbons (Fsp3) is 0.538. The summed E-state index contributed by atoms with van der Waals surface area (Å²) in [6, 6.07) is 5.48. The fourth-order valence-electron chi connectivity index (χ4n) is 1.92. The standard InChI is InChI=1S/C13H19BrN2O2/c1-3-11(15-4-2)7-5-10-6-8-12(16(17)18)9-13(10)14/h6,8-9,11,15H,3-5,7H2,1-2H3. The number of nitrogens with zero attached hydrogens (tertiary/aromatic N) is 1. The van der Waals surface area contributed by atoms with Gasteiger partial charge in [0.25, 0.3) is 5.69 Å². The van der Waals surface area contributed by atoms with Gasteiger partial charge in [0.1, 0.15) is 0 Å². The van der Waals surface area contributed by atoms with E-state index in [9.17, 15) is 10.1 Å². The Bertz CT molecular complexity index is 410. The van der Waals surface area contributed by atoms with Crippen LogP contribution in [0.3, 0.4) is 0 Å². The molecule has 0 heterocycles. The number of nitro benzene ring substituents is 1. The Balaban J connectivity index is 2.65. The van der Waals surface area contributed by atoms with Gasteiger partial charge >= 0.3 is 0 Å². The molecule has 1 aromatic rings. The van der Waals surface area contributed by atoms with Gasteiger partial charge in [0, 0.05) is 22.6 Å². The van der Waals surface area contributed by atoms with Gasteiger partial charge in [-0.05, 0) is 31.4 Å². The molecule has 0 saturated carbocycles. The minimum absolute atomic E-state index is 0.129. The first kappa shape index (κ1) is 15.1. The molecule has 0 fully saturated rings. The summed E-state index contributed by atoms with van der Waals surface area (Å²) in [4.78, 5) is 10.3. The van der Waals surface area contributed by atoms with Crippen molar-refractivity contribution in [3.05, 3.63) is 38.3 Å². The lowest BCUT2D eigenvalue weighted by Crippen LogP contribution is -2.28. The zero-order chi connectivity index (χ0) is 13.5. The number of hydrogen-bond acceptors (Lipinski definition) is 3. The predicted octanol–water partition coefficient (Wildman–Crippen LogP) is 3.68. The van der Waals surface area contributed by atoms with E-state index in [4.69, 9.17) is 0 Å². The number of nitrogens with one attached hydrogen (secondary N) is 1. The molecular weight excluding hydrogens is 296 g/mol. The van der Waals surface area contributed by atoms with Gasteiger partial charge in [0.05, 0.1) is 4.92 Å². The molecule has 0 amide bonds. The number of hydrogen-bond donors (Lipinski definition) is 1. The number of aryl methyl sites for hydroxylation is 1. The lowest BCUT2D eigenvalue weighted by Gasteiger charge is -2.15. The highest BCUT2D eigenvalue weighted by molar-refractivity contribution is 9.10. The first-order chi connectivity index (χ1) is 8.58. The highest BCUT2D eigenvalue weighted by Gasteiger charge is 2.10. The maximum absolute atomic E-state index is 10.6. The maximum Gasteiger partial charge on any atom is 0.270 e. The molecule has 0 saturated heterocycles. The third kappa shape index (κ3) is 4.38. The number of rotatable bonds is 7. The zero-order valence-electron chi connectivity index (χ0n) is 10.8. The normalized spacial score (nSPS) is 12.4. The minimum Gasteiger partial charge on any atom is -0.314 e. The van der Waals surface area contributed by atoms with Crippen LogP contribution in [0.4, 0.5) is 5.69 Å². The van der Waals surface area contributed by atoms with Gasteiger partial charge in [0.2, 0.25) is 0 Å². The van der Waals surface area contributed by atoms with E-state index in [0.29, 0.717) is 6.04 Å². The van der Waals surface area contributed by atoms with Crippen molar-refractivity contribution in [2.75, 3.05) is 6.54 Å². The molecule has 0 bridgehead atoms. The highest BCUT2D eigenvalue weighted by Crippen LogP contribution is 2.24. The van der Waals surface area contributed by atoms with E-state index in [1.807, 2.05) is 6.07 Å². The number of halogens is 1. The van der Waals surface area contributed by atoms with Gasteiger partial charge in [-0.3, -0.25) is 10.1 Å². The SMILES string of the molecule is CCNC(CC)CCc1ccc([N+](=O)[O-])cc1Br. The lowest BCUT2D eigenvalue weighted by atomic mass is 10.0. The van der Waals surface area contributed by atoms with Crippen molar-refractivity contribution in [1.82, 2.24) is 5.32 Å². The molecule has 1 atom stereocenters. The van der Waals surface area contributed by atoms with Crippen LogP contribution in [0.25, 0.3) is 0 Å². The van der Waals surface area contributed by atoms with Gasteiger partial charge in [-0.15, -0.1) is 0 Å². The Kier molecular flexibility index (Phi) is 6.29. The molecule has 1 aromatic carbocycles. The number of non-ortho nitro benzene ring substituents is 1. The first-order valence-electron chi connectivity index (χ1n) is 6.24. The van der Waals surface area contributed by atoms with Crippen molar-refractivity contribution in [2.45, 2.75) is 39.2 Å². The van der Waals surface area contributed by atoms with Gasteiger partial charge in [-0.25, -0.2) is 0 Å². The van der Waals surface area contributed by atoms with Crippen LogP contribution in [0.1, 0.15) is 32.3 Å². The van der Waals surface area contributed by atoms with Crippen LogP contribution in [0, 0.1) is 10.1 Å². The fourth-order valence-corrected chi connectivity index (χ4v) is 2.49. The van der Waals surface area contributed by atoms with E-state index >= 15 is 0 Å². The summed E-state index contributed by atoms with van der Waals surface area (Å²) in [6.45, 7) is 5.24.